The van der Waals surface area contributed by atoms with Gasteiger partial charge in [-0.2, -0.15) is 5.26 Å². The Balaban J connectivity index is 2.05. The summed E-state index contributed by atoms with van der Waals surface area (Å²) in [5.41, 5.74) is 2.20. The fourth-order valence-corrected chi connectivity index (χ4v) is 2.50. The van der Waals surface area contributed by atoms with Crippen molar-refractivity contribution in [1.82, 2.24) is 0 Å². The molecule has 0 heterocycles. The van der Waals surface area contributed by atoms with Crippen LogP contribution in [0, 0.1) is 23.7 Å². The number of benzene rings is 1. The molecule has 2 nitrogen and oxygen atoms in total. The number of aryl methyl sites for hydroxylation is 1. The summed E-state index contributed by atoms with van der Waals surface area (Å²) in [6, 6.07) is 8.04. The fourth-order valence-electron chi connectivity index (χ4n) is 2.50. The molecule has 0 amide bonds. The Morgan fingerprint density at radius 3 is 2.56 bits per heavy atom. The summed E-state index contributed by atoms with van der Waals surface area (Å²) < 4.78 is 6.00. The van der Waals surface area contributed by atoms with Gasteiger partial charge in [0.15, 0.2) is 0 Å². The van der Waals surface area contributed by atoms with Crippen molar-refractivity contribution in [2.24, 2.45) is 5.41 Å². The first-order chi connectivity index (χ1) is 8.50. The Labute approximate surface area is 110 Å². The molecule has 96 valence electrons. The Morgan fingerprint density at radius 2 is 1.94 bits per heavy atom. The number of nitriles is 1. The predicted molar refractivity (Wildman–Crippen MR) is 72.6 cm³/mol. The monoisotopic (exact) mass is 243 g/mol. The highest BCUT2D eigenvalue weighted by Gasteiger charge is 2.28. The minimum atomic E-state index is 0.271. The van der Waals surface area contributed by atoms with E-state index in [1.165, 1.54) is 12.8 Å². The quantitative estimate of drug-likeness (QED) is 0.779. The number of rotatable bonds is 2. The second-order valence-electron chi connectivity index (χ2n) is 6.09. The van der Waals surface area contributed by atoms with Crippen LogP contribution in [0.5, 0.6) is 5.75 Å². The zero-order valence-electron chi connectivity index (χ0n) is 11.5. The van der Waals surface area contributed by atoms with E-state index in [-0.39, 0.29) is 6.10 Å². The van der Waals surface area contributed by atoms with Crippen molar-refractivity contribution < 1.29 is 4.74 Å². The molecule has 0 bridgehead atoms. The van der Waals surface area contributed by atoms with E-state index in [4.69, 9.17) is 10.00 Å². The number of hydrogen-bond acceptors (Lipinski definition) is 2. The van der Waals surface area contributed by atoms with E-state index in [9.17, 15) is 0 Å². The van der Waals surface area contributed by atoms with Crippen molar-refractivity contribution in [3.63, 3.8) is 0 Å². The average molecular weight is 243 g/mol. The van der Waals surface area contributed by atoms with Crippen LogP contribution in [-0.2, 0) is 0 Å². The minimum Gasteiger partial charge on any atom is -0.489 e. The number of hydrogen-bond donors (Lipinski definition) is 0. The Morgan fingerprint density at radius 1 is 1.28 bits per heavy atom. The molecule has 0 aliphatic heterocycles. The molecule has 2 rings (SSSR count). The van der Waals surface area contributed by atoms with E-state index in [1.807, 2.05) is 25.1 Å². The van der Waals surface area contributed by atoms with Gasteiger partial charge in [-0.05, 0) is 55.7 Å². The maximum absolute atomic E-state index is 9.13. The molecule has 1 aliphatic rings. The van der Waals surface area contributed by atoms with E-state index in [0.717, 1.165) is 24.2 Å². The van der Waals surface area contributed by atoms with Crippen LogP contribution >= 0.6 is 0 Å². The molecule has 0 spiro atoms. The smallest absolute Gasteiger partial charge is 0.137 e. The molecule has 0 saturated heterocycles. The number of ether oxygens (including phenoxy) is 1. The van der Waals surface area contributed by atoms with Crippen LogP contribution in [0.2, 0.25) is 0 Å². The van der Waals surface area contributed by atoms with E-state index < -0.39 is 0 Å². The highest BCUT2D eigenvalue weighted by atomic mass is 16.5. The van der Waals surface area contributed by atoms with E-state index in [2.05, 4.69) is 19.9 Å². The largest absolute Gasteiger partial charge is 0.489 e. The van der Waals surface area contributed by atoms with Gasteiger partial charge in [0.2, 0.25) is 0 Å². The molecule has 2 heteroatoms. The van der Waals surface area contributed by atoms with Crippen LogP contribution in [0.1, 0.15) is 50.7 Å². The molecule has 0 aromatic heterocycles. The summed E-state index contributed by atoms with van der Waals surface area (Å²) in [5.74, 6) is 0.743. The summed E-state index contributed by atoms with van der Waals surface area (Å²) in [6.45, 7) is 6.62. The van der Waals surface area contributed by atoms with Gasteiger partial charge in [-0.1, -0.05) is 19.9 Å². The fraction of sp³-hybridized carbons (Fsp3) is 0.562. The lowest BCUT2D eigenvalue weighted by molar-refractivity contribution is 0.0985. The average Bonchev–Trinajstić information content (AvgIpc) is 2.34. The van der Waals surface area contributed by atoms with Crippen molar-refractivity contribution in [3.05, 3.63) is 29.3 Å². The molecule has 1 saturated carbocycles. The molecule has 18 heavy (non-hydrogen) atoms. The van der Waals surface area contributed by atoms with Crippen LogP contribution in [0.4, 0.5) is 0 Å². The van der Waals surface area contributed by atoms with Gasteiger partial charge >= 0.3 is 0 Å². The topological polar surface area (TPSA) is 33.0 Å². The summed E-state index contributed by atoms with van der Waals surface area (Å²) >= 11 is 0. The molecule has 1 aromatic rings. The summed E-state index contributed by atoms with van der Waals surface area (Å²) in [6.07, 6.45) is 4.85. The molecule has 1 aromatic carbocycles. The van der Waals surface area contributed by atoms with Crippen molar-refractivity contribution in [2.45, 2.75) is 52.6 Å². The van der Waals surface area contributed by atoms with Crippen LogP contribution in [0.15, 0.2) is 18.2 Å². The van der Waals surface area contributed by atoms with E-state index >= 15 is 0 Å². The molecular formula is C16H21NO. The Hall–Kier alpha value is -1.49. The highest BCUT2D eigenvalue weighted by Crippen LogP contribution is 2.37. The number of nitrogens with zero attached hydrogens (tertiary/aromatic N) is 1. The van der Waals surface area contributed by atoms with Crippen molar-refractivity contribution in [1.29, 1.82) is 5.26 Å². The third-order valence-electron chi connectivity index (χ3n) is 3.84. The third kappa shape index (κ3) is 3.04. The lowest BCUT2D eigenvalue weighted by atomic mass is 9.76. The first-order valence-electron chi connectivity index (χ1n) is 6.68. The molecular weight excluding hydrogens is 222 g/mol. The second-order valence-corrected chi connectivity index (χ2v) is 6.09. The Bertz CT molecular complexity index is 460. The third-order valence-corrected chi connectivity index (χ3v) is 3.84. The lowest BCUT2D eigenvalue weighted by Crippen LogP contribution is -2.28. The molecule has 0 N–H and O–H groups in total. The van der Waals surface area contributed by atoms with Gasteiger partial charge in [0.1, 0.15) is 11.8 Å². The van der Waals surface area contributed by atoms with E-state index in [1.54, 1.807) is 0 Å². The molecule has 0 radical (unpaired) electrons. The van der Waals surface area contributed by atoms with Gasteiger partial charge in [-0.3, -0.25) is 0 Å². The first kappa shape index (κ1) is 13.0. The minimum absolute atomic E-state index is 0.271. The van der Waals surface area contributed by atoms with E-state index in [0.29, 0.717) is 11.0 Å². The normalized spacial score (nSPS) is 19.2. The second kappa shape index (κ2) is 5.02. The lowest BCUT2D eigenvalue weighted by Gasteiger charge is -2.34. The maximum atomic E-state index is 9.13. The van der Waals surface area contributed by atoms with Crippen LogP contribution in [0.3, 0.4) is 0 Å². The van der Waals surface area contributed by atoms with Gasteiger partial charge in [0.25, 0.3) is 0 Å². The van der Waals surface area contributed by atoms with Gasteiger partial charge in [0, 0.05) is 0 Å². The summed E-state index contributed by atoms with van der Waals surface area (Å²) in [4.78, 5) is 0. The van der Waals surface area contributed by atoms with Crippen molar-refractivity contribution in [2.75, 3.05) is 0 Å². The molecule has 1 aliphatic carbocycles. The van der Waals surface area contributed by atoms with Crippen LogP contribution in [-0.4, -0.2) is 6.10 Å². The highest BCUT2D eigenvalue weighted by molar-refractivity contribution is 5.45. The first-order valence-corrected chi connectivity index (χ1v) is 6.68. The maximum Gasteiger partial charge on any atom is 0.137 e. The summed E-state index contributed by atoms with van der Waals surface area (Å²) in [5, 5.41) is 9.13. The van der Waals surface area contributed by atoms with Crippen LogP contribution in [0.25, 0.3) is 0 Å². The van der Waals surface area contributed by atoms with Gasteiger partial charge in [-0.25, -0.2) is 0 Å². The van der Waals surface area contributed by atoms with Gasteiger partial charge in [-0.15, -0.1) is 0 Å². The Kier molecular flexibility index (Phi) is 3.61. The molecule has 0 unspecified atom stereocenters. The van der Waals surface area contributed by atoms with Crippen molar-refractivity contribution >= 4 is 0 Å². The standard InChI is InChI=1S/C16H21NO/c1-12-4-5-15(13(10-12)11-17)18-14-6-8-16(2,3)9-7-14/h4-5,10,14H,6-9H2,1-3H3. The van der Waals surface area contributed by atoms with Gasteiger partial charge in [0.05, 0.1) is 11.7 Å². The van der Waals surface area contributed by atoms with Crippen molar-refractivity contribution in [3.8, 4) is 11.8 Å². The predicted octanol–water partition coefficient (Wildman–Crippen LogP) is 4.21. The van der Waals surface area contributed by atoms with Crippen LogP contribution < -0.4 is 4.74 Å². The van der Waals surface area contributed by atoms with Gasteiger partial charge < -0.3 is 4.74 Å². The zero-order valence-corrected chi connectivity index (χ0v) is 11.5. The zero-order chi connectivity index (χ0) is 13.2. The SMILES string of the molecule is Cc1ccc(OC2CCC(C)(C)CC2)c(C#N)c1. The molecule has 0 atom stereocenters. The molecule has 1 fully saturated rings. The summed E-state index contributed by atoms with van der Waals surface area (Å²) in [7, 11) is 0.